The number of nitrogens with zero attached hydrogens (tertiary/aromatic N) is 3. The first-order valence-corrected chi connectivity index (χ1v) is 8.16. The molecule has 3 rings (SSSR count). The molecule has 22 heavy (non-hydrogen) atoms. The minimum absolute atomic E-state index is 0.134. The molecule has 0 radical (unpaired) electrons. The fourth-order valence-corrected chi connectivity index (χ4v) is 2.93. The van der Waals surface area contributed by atoms with E-state index in [0.717, 1.165) is 19.5 Å². The molecule has 0 unspecified atom stereocenters. The van der Waals surface area contributed by atoms with Gasteiger partial charge in [-0.05, 0) is 17.9 Å². The maximum Gasteiger partial charge on any atom is 0.254 e. The molecule has 2 aromatic rings. The zero-order chi connectivity index (χ0) is 15.2. The molecule has 0 atom stereocenters. The lowest BCUT2D eigenvalue weighted by atomic mass is 10.3. The number of carbonyl (C=O) groups excluding carboxylic acids is 1. The third-order valence-corrected chi connectivity index (χ3v) is 4.37. The zero-order valence-electron chi connectivity index (χ0n) is 12.2. The summed E-state index contributed by atoms with van der Waals surface area (Å²) in [5.74, 6) is 0.517. The Morgan fingerprint density at radius 1 is 1.32 bits per heavy atom. The number of ether oxygens (including phenoxy) is 1. The second-order valence-corrected chi connectivity index (χ2v) is 5.99. The lowest BCUT2D eigenvalue weighted by Crippen LogP contribution is -2.37. The fraction of sp³-hybridized carbons (Fsp3) is 0.400. The first kappa shape index (κ1) is 14.9. The van der Waals surface area contributed by atoms with E-state index in [2.05, 4.69) is 26.3 Å². The largest absolute Gasteiger partial charge is 0.378 e. The first-order valence-electron chi connectivity index (χ1n) is 7.28. The van der Waals surface area contributed by atoms with Crippen LogP contribution in [0.15, 0.2) is 29.9 Å². The standard InChI is InChI=1S/C15H18N4O2S/c20-14(16-4-3-13-2-1-9-22-13)12-10-17-15(18-11-12)19-5-7-21-8-6-19/h1-2,9-11H,3-8H2,(H,16,20). The number of aromatic nitrogens is 2. The van der Waals surface area contributed by atoms with E-state index in [1.54, 1.807) is 23.7 Å². The van der Waals surface area contributed by atoms with Crippen LogP contribution in [-0.4, -0.2) is 48.7 Å². The summed E-state index contributed by atoms with van der Waals surface area (Å²) in [5.41, 5.74) is 0.489. The van der Waals surface area contributed by atoms with Gasteiger partial charge in [-0.1, -0.05) is 6.07 Å². The predicted octanol–water partition coefficient (Wildman–Crippen LogP) is 1.35. The number of morpholine rings is 1. The van der Waals surface area contributed by atoms with Gasteiger partial charge in [-0.25, -0.2) is 9.97 Å². The van der Waals surface area contributed by atoms with Crippen molar-refractivity contribution in [2.45, 2.75) is 6.42 Å². The minimum Gasteiger partial charge on any atom is -0.378 e. The molecule has 0 saturated carbocycles. The van der Waals surface area contributed by atoms with Crippen molar-refractivity contribution in [2.75, 3.05) is 37.7 Å². The Bertz CT molecular complexity index is 595. The van der Waals surface area contributed by atoms with Crippen molar-refractivity contribution in [3.05, 3.63) is 40.3 Å². The summed E-state index contributed by atoms with van der Waals surface area (Å²) < 4.78 is 5.30. The zero-order valence-corrected chi connectivity index (χ0v) is 13.0. The number of hydrogen-bond acceptors (Lipinski definition) is 6. The Balaban J connectivity index is 1.51. The molecule has 3 heterocycles. The van der Waals surface area contributed by atoms with Crippen molar-refractivity contribution in [3.63, 3.8) is 0 Å². The molecule has 6 nitrogen and oxygen atoms in total. The van der Waals surface area contributed by atoms with Crippen LogP contribution in [0.1, 0.15) is 15.2 Å². The van der Waals surface area contributed by atoms with Crippen molar-refractivity contribution < 1.29 is 9.53 Å². The van der Waals surface area contributed by atoms with E-state index in [9.17, 15) is 4.79 Å². The molecule has 116 valence electrons. The summed E-state index contributed by atoms with van der Waals surface area (Å²) in [6, 6.07) is 4.08. The molecule has 2 aromatic heterocycles. The van der Waals surface area contributed by atoms with E-state index in [4.69, 9.17) is 4.74 Å². The highest BCUT2D eigenvalue weighted by molar-refractivity contribution is 7.09. The van der Waals surface area contributed by atoms with E-state index < -0.39 is 0 Å². The van der Waals surface area contributed by atoms with Gasteiger partial charge in [0.15, 0.2) is 0 Å². The van der Waals surface area contributed by atoms with Gasteiger partial charge >= 0.3 is 0 Å². The van der Waals surface area contributed by atoms with Gasteiger partial charge in [0.1, 0.15) is 0 Å². The fourth-order valence-electron chi connectivity index (χ4n) is 2.22. The number of nitrogens with one attached hydrogen (secondary N) is 1. The van der Waals surface area contributed by atoms with Crippen LogP contribution in [-0.2, 0) is 11.2 Å². The number of carbonyl (C=O) groups is 1. The molecule has 1 N–H and O–H groups in total. The van der Waals surface area contributed by atoms with Crippen LogP contribution in [0.3, 0.4) is 0 Å². The Hall–Kier alpha value is -1.99. The van der Waals surface area contributed by atoms with Gasteiger partial charge in [0.05, 0.1) is 18.8 Å². The smallest absolute Gasteiger partial charge is 0.254 e. The highest BCUT2D eigenvalue weighted by Crippen LogP contribution is 2.10. The van der Waals surface area contributed by atoms with Gasteiger partial charge in [-0.15, -0.1) is 11.3 Å². The molecule has 1 fully saturated rings. The van der Waals surface area contributed by atoms with Crippen LogP contribution >= 0.6 is 11.3 Å². The van der Waals surface area contributed by atoms with E-state index in [1.807, 2.05) is 11.4 Å². The second-order valence-electron chi connectivity index (χ2n) is 4.96. The topological polar surface area (TPSA) is 67.4 Å². The summed E-state index contributed by atoms with van der Waals surface area (Å²) in [5, 5.41) is 4.93. The van der Waals surface area contributed by atoms with E-state index in [0.29, 0.717) is 31.3 Å². The van der Waals surface area contributed by atoms with E-state index in [1.165, 1.54) is 4.88 Å². The quantitative estimate of drug-likeness (QED) is 0.901. The molecule has 1 amide bonds. The van der Waals surface area contributed by atoms with E-state index in [-0.39, 0.29) is 5.91 Å². The van der Waals surface area contributed by atoms with Gasteiger partial charge in [0, 0.05) is 36.9 Å². The Labute approximate surface area is 133 Å². The van der Waals surface area contributed by atoms with Crippen LogP contribution in [0.2, 0.25) is 0 Å². The van der Waals surface area contributed by atoms with Crippen LogP contribution in [0.5, 0.6) is 0 Å². The Morgan fingerprint density at radius 3 is 2.77 bits per heavy atom. The van der Waals surface area contributed by atoms with Crippen molar-refractivity contribution in [1.82, 2.24) is 15.3 Å². The van der Waals surface area contributed by atoms with Gasteiger partial charge in [0.2, 0.25) is 5.95 Å². The molecule has 0 spiro atoms. The lowest BCUT2D eigenvalue weighted by molar-refractivity contribution is 0.0953. The van der Waals surface area contributed by atoms with Crippen molar-refractivity contribution in [3.8, 4) is 0 Å². The predicted molar refractivity (Wildman–Crippen MR) is 85.4 cm³/mol. The maximum atomic E-state index is 12.0. The number of anilines is 1. The molecule has 1 aliphatic rings. The summed E-state index contributed by atoms with van der Waals surface area (Å²) in [4.78, 5) is 23.9. The Morgan fingerprint density at radius 2 is 2.09 bits per heavy atom. The molecule has 0 aromatic carbocycles. The molecule has 0 bridgehead atoms. The summed E-state index contributed by atoms with van der Waals surface area (Å²) in [6.45, 7) is 3.56. The summed E-state index contributed by atoms with van der Waals surface area (Å²) in [7, 11) is 0. The lowest BCUT2D eigenvalue weighted by Gasteiger charge is -2.26. The van der Waals surface area contributed by atoms with Gasteiger partial charge in [0.25, 0.3) is 5.91 Å². The molecular formula is C15H18N4O2S. The summed E-state index contributed by atoms with van der Waals surface area (Å²) in [6.07, 6.45) is 4.01. The SMILES string of the molecule is O=C(NCCc1cccs1)c1cnc(N2CCOCC2)nc1. The van der Waals surface area contributed by atoms with Crippen molar-refractivity contribution in [1.29, 1.82) is 0 Å². The van der Waals surface area contributed by atoms with Gasteiger partial charge in [-0.3, -0.25) is 4.79 Å². The first-order chi connectivity index (χ1) is 10.8. The van der Waals surface area contributed by atoms with Crippen LogP contribution < -0.4 is 10.2 Å². The molecular weight excluding hydrogens is 300 g/mol. The van der Waals surface area contributed by atoms with Gasteiger partial charge < -0.3 is 15.0 Å². The maximum absolute atomic E-state index is 12.0. The molecule has 1 aliphatic heterocycles. The molecule has 1 saturated heterocycles. The van der Waals surface area contributed by atoms with Crippen LogP contribution in [0.25, 0.3) is 0 Å². The summed E-state index contributed by atoms with van der Waals surface area (Å²) >= 11 is 1.70. The highest BCUT2D eigenvalue weighted by atomic mass is 32.1. The normalized spacial score (nSPS) is 14.8. The molecule has 0 aliphatic carbocycles. The number of thiophene rings is 1. The van der Waals surface area contributed by atoms with Crippen LogP contribution in [0.4, 0.5) is 5.95 Å². The third-order valence-electron chi connectivity index (χ3n) is 3.43. The number of rotatable bonds is 5. The van der Waals surface area contributed by atoms with Crippen molar-refractivity contribution >= 4 is 23.2 Å². The third kappa shape index (κ3) is 3.80. The minimum atomic E-state index is -0.134. The van der Waals surface area contributed by atoms with Gasteiger partial charge in [-0.2, -0.15) is 0 Å². The highest BCUT2D eigenvalue weighted by Gasteiger charge is 2.14. The number of amides is 1. The average Bonchev–Trinajstić information content (AvgIpc) is 3.09. The number of hydrogen-bond donors (Lipinski definition) is 1. The van der Waals surface area contributed by atoms with Crippen LogP contribution in [0, 0.1) is 0 Å². The van der Waals surface area contributed by atoms with Crippen molar-refractivity contribution in [2.24, 2.45) is 0 Å². The Kier molecular flexibility index (Phi) is 4.97. The monoisotopic (exact) mass is 318 g/mol. The molecule has 7 heteroatoms. The second kappa shape index (κ2) is 7.33. The average molecular weight is 318 g/mol. The van der Waals surface area contributed by atoms with E-state index >= 15 is 0 Å².